The van der Waals surface area contributed by atoms with Crippen molar-refractivity contribution in [2.45, 2.75) is 6.18 Å². The highest BCUT2D eigenvalue weighted by Crippen LogP contribution is 2.33. The third kappa shape index (κ3) is 3.80. The standard InChI is InChI=1S/C15H10F3NO5/c1-23-14(20)12-8-11(5-6-13(12)19(21)22)24-10-4-2-3-9(7-10)15(16,17)18/h2-8H,1H3. The summed E-state index contributed by atoms with van der Waals surface area (Å²) in [6.45, 7) is 0. The fourth-order valence-corrected chi connectivity index (χ4v) is 1.88. The zero-order chi connectivity index (χ0) is 17.9. The van der Waals surface area contributed by atoms with Crippen molar-refractivity contribution in [2.24, 2.45) is 0 Å². The second kappa shape index (κ2) is 6.57. The van der Waals surface area contributed by atoms with Gasteiger partial charge in [-0.25, -0.2) is 4.79 Å². The summed E-state index contributed by atoms with van der Waals surface area (Å²) in [6, 6.07) is 7.31. The first-order valence-electron chi connectivity index (χ1n) is 6.44. The summed E-state index contributed by atoms with van der Waals surface area (Å²) in [7, 11) is 1.05. The lowest BCUT2D eigenvalue weighted by molar-refractivity contribution is -0.385. The fourth-order valence-electron chi connectivity index (χ4n) is 1.88. The van der Waals surface area contributed by atoms with Crippen LogP contribution in [0.25, 0.3) is 0 Å². The van der Waals surface area contributed by atoms with Crippen LogP contribution in [0.4, 0.5) is 18.9 Å². The van der Waals surface area contributed by atoms with Crippen molar-refractivity contribution in [1.82, 2.24) is 0 Å². The van der Waals surface area contributed by atoms with Crippen molar-refractivity contribution >= 4 is 11.7 Å². The van der Waals surface area contributed by atoms with E-state index in [0.29, 0.717) is 0 Å². The van der Waals surface area contributed by atoms with Gasteiger partial charge in [-0.15, -0.1) is 0 Å². The second-order valence-electron chi connectivity index (χ2n) is 4.56. The lowest BCUT2D eigenvalue weighted by Crippen LogP contribution is -2.06. The van der Waals surface area contributed by atoms with E-state index < -0.39 is 28.3 Å². The Kier molecular flexibility index (Phi) is 4.72. The van der Waals surface area contributed by atoms with E-state index in [1.54, 1.807) is 0 Å². The molecule has 2 aromatic rings. The minimum atomic E-state index is -4.54. The van der Waals surface area contributed by atoms with Gasteiger partial charge in [-0.05, 0) is 24.3 Å². The number of rotatable bonds is 4. The van der Waals surface area contributed by atoms with Crippen LogP contribution in [0.5, 0.6) is 11.5 Å². The molecule has 24 heavy (non-hydrogen) atoms. The van der Waals surface area contributed by atoms with Gasteiger partial charge < -0.3 is 9.47 Å². The maximum atomic E-state index is 12.7. The molecule has 0 atom stereocenters. The number of nitro benzene ring substituents is 1. The molecule has 0 saturated heterocycles. The zero-order valence-corrected chi connectivity index (χ0v) is 12.2. The number of carbonyl (C=O) groups excluding carboxylic acids is 1. The Labute approximate surface area is 133 Å². The van der Waals surface area contributed by atoms with Gasteiger partial charge in [-0.2, -0.15) is 13.2 Å². The summed E-state index contributed by atoms with van der Waals surface area (Å²) in [5.41, 5.74) is -1.78. The average Bonchev–Trinajstić information content (AvgIpc) is 2.53. The molecule has 126 valence electrons. The van der Waals surface area contributed by atoms with Crippen LogP contribution in [0.15, 0.2) is 42.5 Å². The molecule has 2 aromatic carbocycles. The highest BCUT2D eigenvalue weighted by atomic mass is 19.4. The van der Waals surface area contributed by atoms with E-state index in [0.717, 1.165) is 37.4 Å². The topological polar surface area (TPSA) is 78.7 Å². The first-order valence-corrected chi connectivity index (χ1v) is 6.44. The minimum absolute atomic E-state index is 0.0414. The molecule has 0 bridgehead atoms. The number of nitrogens with zero attached hydrogens (tertiary/aromatic N) is 1. The Morgan fingerprint density at radius 3 is 2.38 bits per heavy atom. The van der Waals surface area contributed by atoms with Crippen molar-refractivity contribution < 1.29 is 32.4 Å². The van der Waals surface area contributed by atoms with Gasteiger partial charge >= 0.3 is 12.1 Å². The summed E-state index contributed by atoms with van der Waals surface area (Å²) in [6.07, 6.45) is -4.54. The van der Waals surface area contributed by atoms with E-state index in [1.165, 1.54) is 12.1 Å². The Balaban J connectivity index is 2.37. The number of carbonyl (C=O) groups is 1. The summed E-state index contributed by atoms with van der Waals surface area (Å²) in [4.78, 5) is 21.7. The number of ether oxygens (including phenoxy) is 2. The van der Waals surface area contributed by atoms with Crippen molar-refractivity contribution in [3.63, 3.8) is 0 Å². The quantitative estimate of drug-likeness (QED) is 0.473. The number of nitro groups is 1. The van der Waals surface area contributed by atoms with Gasteiger partial charge in [0.1, 0.15) is 17.1 Å². The first-order chi connectivity index (χ1) is 11.2. The molecule has 0 aromatic heterocycles. The van der Waals surface area contributed by atoms with Crippen LogP contribution in [0.2, 0.25) is 0 Å². The highest BCUT2D eigenvalue weighted by Gasteiger charge is 2.30. The molecule has 6 nitrogen and oxygen atoms in total. The van der Waals surface area contributed by atoms with Crippen LogP contribution in [-0.4, -0.2) is 18.0 Å². The molecule has 0 heterocycles. The number of methoxy groups -OCH3 is 1. The lowest BCUT2D eigenvalue weighted by Gasteiger charge is -2.10. The molecule has 0 radical (unpaired) electrons. The number of alkyl halides is 3. The van der Waals surface area contributed by atoms with Gasteiger partial charge in [0, 0.05) is 12.1 Å². The van der Waals surface area contributed by atoms with E-state index in [1.807, 2.05) is 0 Å². The second-order valence-corrected chi connectivity index (χ2v) is 4.56. The normalized spacial score (nSPS) is 11.0. The van der Waals surface area contributed by atoms with Gasteiger partial charge in [0.2, 0.25) is 0 Å². The molecule has 0 amide bonds. The van der Waals surface area contributed by atoms with Crippen LogP contribution >= 0.6 is 0 Å². The van der Waals surface area contributed by atoms with Crippen LogP contribution in [0, 0.1) is 10.1 Å². The fraction of sp³-hybridized carbons (Fsp3) is 0.133. The predicted octanol–water partition coefficient (Wildman–Crippen LogP) is 4.19. The molecule has 0 aliphatic carbocycles. The van der Waals surface area contributed by atoms with Gasteiger partial charge in [0.05, 0.1) is 17.6 Å². The molecule has 9 heteroatoms. The number of halogens is 3. The van der Waals surface area contributed by atoms with E-state index in [-0.39, 0.29) is 17.1 Å². The van der Waals surface area contributed by atoms with Gasteiger partial charge in [0.15, 0.2) is 0 Å². The third-order valence-electron chi connectivity index (χ3n) is 2.97. The number of hydrogen-bond acceptors (Lipinski definition) is 5. The Hall–Kier alpha value is -3.10. The lowest BCUT2D eigenvalue weighted by atomic mass is 10.1. The molecule has 0 unspecified atom stereocenters. The summed E-state index contributed by atoms with van der Waals surface area (Å²) < 4.78 is 47.7. The first kappa shape index (κ1) is 17.3. The molecule has 0 fully saturated rings. The maximum Gasteiger partial charge on any atom is 0.416 e. The average molecular weight is 341 g/mol. The van der Waals surface area contributed by atoms with Gasteiger partial charge in [-0.1, -0.05) is 6.07 Å². The summed E-state index contributed by atoms with van der Waals surface area (Å²) in [5.74, 6) is -1.13. The smallest absolute Gasteiger partial charge is 0.416 e. The maximum absolute atomic E-state index is 12.7. The molecule has 0 aliphatic rings. The van der Waals surface area contributed by atoms with Crippen molar-refractivity contribution in [1.29, 1.82) is 0 Å². The molecule has 0 saturated carbocycles. The van der Waals surface area contributed by atoms with Crippen LogP contribution in [-0.2, 0) is 10.9 Å². The van der Waals surface area contributed by atoms with Gasteiger partial charge in [-0.3, -0.25) is 10.1 Å². The minimum Gasteiger partial charge on any atom is -0.465 e. The van der Waals surface area contributed by atoms with E-state index in [2.05, 4.69) is 4.74 Å². The molecule has 0 N–H and O–H groups in total. The van der Waals surface area contributed by atoms with E-state index in [9.17, 15) is 28.1 Å². The Morgan fingerprint density at radius 2 is 1.79 bits per heavy atom. The van der Waals surface area contributed by atoms with E-state index in [4.69, 9.17) is 4.74 Å². The largest absolute Gasteiger partial charge is 0.465 e. The predicted molar refractivity (Wildman–Crippen MR) is 76.0 cm³/mol. The van der Waals surface area contributed by atoms with Crippen LogP contribution in [0.3, 0.4) is 0 Å². The van der Waals surface area contributed by atoms with Crippen LogP contribution < -0.4 is 4.74 Å². The SMILES string of the molecule is COC(=O)c1cc(Oc2cccc(C(F)(F)F)c2)ccc1[N+](=O)[O-]. The van der Waals surface area contributed by atoms with Crippen molar-refractivity contribution in [3.8, 4) is 11.5 Å². The Morgan fingerprint density at radius 1 is 1.12 bits per heavy atom. The molecule has 0 aliphatic heterocycles. The summed E-state index contributed by atoms with van der Waals surface area (Å²) in [5, 5.41) is 10.9. The van der Waals surface area contributed by atoms with Crippen LogP contribution in [0.1, 0.15) is 15.9 Å². The molecular weight excluding hydrogens is 331 g/mol. The zero-order valence-electron chi connectivity index (χ0n) is 12.2. The number of benzene rings is 2. The molecule has 0 spiro atoms. The highest BCUT2D eigenvalue weighted by molar-refractivity contribution is 5.94. The number of esters is 1. The third-order valence-corrected chi connectivity index (χ3v) is 2.97. The van der Waals surface area contributed by atoms with E-state index >= 15 is 0 Å². The number of hydrogen-bond donors (Lipinski definition) is 0. The van der Waals surface area contributed by atoms with Crippen molar-refractivity contribution in [3.05, 3.63) is 63.7 Å². The monoisotopic (exact) mass is 341 g/mol. The van der Waals surface area contributed by atoms with Gasteiger partial charge in [0.25, 0.3) is 5.69 Å². The summed E-state index contributed by atoms with van der Waals surface area (Å²) >= 11 is 0. The van der Waals surface area contributed by atoms with Crippen molar-refractivity contribution in [2.75, 3.05) is 7.11 Å². The molecular formula is C15H10F3NO5. The Bertz CT molecular complexity index is 789. The molecule has 2 rings (SSSR count).